The van der Waals surface area contributed by atoms with Crippen LogP contribution in [0.3, 0.4) is 0 Å². The number of hydrogen-bond acceptors (Lipinski definition) is 6. The van der Waals surface area contributed by atoms with Crippen molar-refractivity contribution < 1.29 is 28.7 Å². The highest BCUT2D eigenvalue weighted by atomic mass is 16.5. The number of methoxy groups -OCH3 is 2. The highest BCUT2D eigenvalue weighted by molar-refractivity contribution is 6.02. The van der Waals surface area contributed by atoms with Crippen LogP contribution in [0.15, 0.2) is 48.5 Å². The van der Waals surface area contributed by atoms with Crippen LogP contribution in [0.2, 0.25) is 0 Å². The third-order valence-corrected chi connectivity index (χ3v) is 7.62. The molecule has 0 radical (unpaired) electrons. The van der Waals surface area contributed by atoms with E-state index in [1.54, 1.807) is 13.2 Å². The maximum Gasteiger partial charge on any atom is 0.328 e. The molecule has 2 amide bonds. The van der Waals surface area contributed by atoms with Crippen LogP contribution >= 0.6 is 0 Å². The van der Waals surface area contributed by atoms with Gasteiger partial charge in [0.15, 0.2) is 0 Å². The Kier molecular flexibility index (Phi) is 7.18. The Hall–Kier alpha value is -4.14. The maximum atomic E-state index is 13.8. The second-order valence-electron chi connectivity index (χ2n) is 9.83. The molecule has 2 aromatic carbocycles. The fourth-order valence-electron chi connectivity index (χ4n) is 5.67. The molecule has 3 aromatic rings. The smallest absolute Gasteiger partial charge is 0.328 e. The second-order valence-corrected chi connectivity index (χ2v) is 9.83. The van der Waals surface area contributed by atoms with Crippen LogP contribution in [0, 0.1) is 5.92 Å². The number of fused-ring (bicyclic) bond motifs is 2. The molecular weight excluding hydrogens is 486 g/mol. The van der Waals surface area contributed by atoms with Crippen molar-refractivity contribution in [3.63, 3.8) is 0 Å². The van der Waals surface area contributed by atoms with Crippen molar-refractivity contribution in [3.05, 3.63) is 65.4 Å². The van der Waals surface area contributed by atoms with Crippen LogP contribution in [0.4, 0.5) is 0 Å². The Bertz CT molecular complexity index is 1400. The molecule has 0 spiro atoms. The zero-order chi connectivity index (χ0) is 26.8. The van der Waals surface area contributed by atoms with E-state index in [1.165, 1.54) is 12.0 Å². The van der Waals surface area contributed by atoms with Crippen LogP contribution in [-0.2, 0) is 25.5 Å². The van der Waals surface area contributed by atoms with E-state index in [0.717, 1.165) is 22.9 Å². The number of aromatic nitrogens is 1. The number of hydrogen-bond donors (Lipinski definition) is 2. The van der Waals surface area contributed by atoms with Gasteiger partial charge in [-0.3, -0.25) is 14.4 Å². The van der Waals surface area contributed by atoms with E-state index < -0.39 is 24.0 Å². The average molecular weight is 518 g/mol. The van der Waals surface area contributed by atoms with Crippen molar-refractivity contribution >= 4 is 34.5 Å². The molecule has 1 fully saturated rings. The van der Waals surface area contributed by atoms with Crippen LogP contribution in [-0.4, -0.2) is 60.3 Å². The Labute approximate surface area is 220 Å². The number of carbonyl (C=O) groups is 4. The summed E-state index contributed by atoms with van der Waals surface area (Å²) in [5, 5.41) is 3.58. The molecule has 198 valence electrons. The third kappa shape index (κ3) is 4.76. The number of Topliss-reactive ketones (excluding diaryl/α,β-unsaturated/α-hetero) is 1. The minimum Gasteiger partial charge on any atom is -0.496 e. The normalized spacial score (nSPS) is 19.6. The van der Waals surface area contributed by atoms with E-state index >= 15 is 0 Å². The molecule has 9 nitrogen and oxygen atoms in total. The summed E-state index contributed by atoms with van der Waals surface area (Å²) in [4.78, 5) is 57.2. The molecule has 0 unspecified atom stereocenters. The number of amides is 2. The number of nitrogens with one attached hydrogen (secondary N) is 2. The number of benzene rings is 2. The number of esters is 1. The molecule has 2 aliphatic rings. The fourth-order valence-corrected chi connectivity index (χ4v) is 5.67. The number of ketones is 1. The van der Waals surface area contributed by atoms with Gasteiger partial charge in [-0.05, 0) is 55.0 Å². The first-order valence-corrected chi connectivity index (χ1v) is 12.9. The summed E-state index contributed by atoms with van der Waals surface area (Å²) in [6, 6.07) is 12.8. The quantitative estimate of drug-likeness (QED) is 0.464. The van der Waals surface area contributed by atoms with Crippen LogP contribution < -0.4 is 10.1 Å². The molecule has 1 aliphatic heterocycles. The minimum atomic E-state index is -0.983. The Morgan fingerprint density at radius 2 is 1.92 bits per heavy atom. The Balaban J connectivity index is 1.46. The fraction of sp³-hybridized carbons (Fsp3) is 0.379. The maximum absolute atomic E-state index is 13.8. The van der Waals surface area contributed by atoms with E-state index in [9.17, 15) is 19.2 Å². The number of H-pyrrole nitrogens is 1. The molecule has 1 aromatic heterocycles. The van der Waals surface area contributed by atoms with Gasteiger partial charge in [-0.2, -0.15) is 0 Å². The second kappa shape index (κ2) is 10.7. The number of nitrogens with zero attached hydrogens (tertiary/aromatic N) is 1. The first-order valence-electron chi connectivity index (χ1n) is 12.9. The first-order chi connectivity index (χ1) is 18.4. The average Bonchev–Trinajstić information content (AvgIpc) is 3.56. The van der Waals surface area contributed by atoms with E-state index in [0.29, 0.717) is 42.8 Å². The minimum absolute atomic E-state index is 0.0993. The summed E-state index contributed by atoms with van der Waals surface area (Å²) in [5.41, 5.74) is 2.76. The lowest BCUT2D eigenvalue weighted by molar-refractivity contribution is -0.146. The van der Waals surface area contributed by atoms with Crippen molar-refractivity contribution in [2.24, 2.45) is 5.92 Å². The van der Waals surface area contributed by atoms with Gasteiger partial charge in [0, 0.05) is 29.8 Å². The standard InChI is InChI=1S/C29H31N3O6/c1-37-25-12-6-10-21-20(25)16-22(30-21)28(35)32-14-13-17-7-3-4-9-19(17)26(32)27(34)31-23(29(36)38-2)15-18-8-5-11-24(18)33/h3-4,6-7,9-10,12,16,18,23,26,30H,5,8,11,13-15H2,1-2H3,(H,31,34)/t18-,23-,26-/m0/s1. The number of carbonyl (C=O) groups excluding carboxylic acids is 4. The summed E-state index contributed by atoms with van der Waals surface area (Å²) in [5.74, 6) is -0.987. The highest BCUT2D eigenvalue weighted by Crippen LogP contribution is 2.33. The lowest BCUT2D eigenvalue weighted by Gasteiger charge is -2.37. The van der Waals surface area contributed by atoms with Gasteiger partial charge in [0.05, 0.1) is 14.2 Å². The number of aromatic amines is 1. The highest BCUT2D eigenvalue weighted by Gasteiger charge is 2.39. The number of rotatable bonds is 7. The lowest BCUT2D eigenvalue weighted by Crippen LogP contribution is -2.51. The van der Waals surface area contributed by atoms with Gasteiger partial charge < -0.3 is 24.7 Å². The van der Waals surface area contributed by atoms with Crippen molar-refractivity contribution in [2.75, 3.05) is 20.8 Å². The van der Waals surface area contributed by atoms with Crippen molar-refractivity contribution in [2.45, 2.75) is 44.2 Å². The zero-order valence-electron chi connectivity index (χ0n) is 21.5. The van der Waals surface area contributed by atoms with Gasteiger partial charge >= 0.3 is 5.97 Å². The van der Waals surface area contributed by atoms with E-state index in [1.807, 2.05) is 42.5 Å². The summed E-state index contributed by atoms with van der Waals surface area (Å²) in [7, 11) is 2.83. The summed E-state index contributed by atoms with van der Waals surface area (Å²) in [6.07, 6.45) is 2.72. The topological polar surface area (TPSA) is 118 Å². The molecule has 0 bridgehead atoms. The monoisotopic (exact) mass is 517 g/mol. The zero-order valence-corrected chi connectivity index (χ0v) is 21.5. The molecule has 0 saturated heterocycles. The predicted octanol–water partition coefficient (Wildman–Crippen LogP) is 3.33. The lowest BCUT2D eigenvalue weighted by atomic mass is 9.91. The van der Waals surface area contributed by atoms with Crippen molar-refractivity contribution in [3.8, 4) is 5.75 Å². The Morgan fingerprint density at radius 1 is 1.11 bits per heavy atom. The van der Waals surface area contributed by atoms with Gasteiger partial charge in [-0.15, -0.1) is 0 Å². The SMILES string of the molecule is COC(=O)[C@H](C[C@@H]1CCCC1=O)NC(=O)[C@@H]1c2ccccc2CCN1C(=O)c1cc2c(OC)cccc2[nH]1. The Morgan fingerprint density at radius 3 is 2.66 bits per heavy atom. The molecule has 3 atom stereocenters. The third-order valence-electron chi connectivity index (χ3n) is 7.62. The molecule has 38 heavy (non-hydrogen) atoms. The molecule has 2 N–H and O–H groups in total. The van der Waals surface area contributed by atoms with E-state index in [2.05, 4.69) is 10.3 Å². The largest absolute Gasteiger partial charge is 0.496 e. The molecule has 1 saturated carbocycles. The molecule has 9 heteroatoms. The predicted molar refractivity (Wildman–Crippen MR) is 140 cm³/mol. The van der Waals surface area contributed by atoms with Crippen LogP contribution in [0.5, 0.6) is 5.75 Å². The van der Waals surface area contributed by atoms with E-state index in [4.69, 9.17) is 9.47 Å². The van der Waals surface area contributed by atoms with Gasteiger partial charge in [-0.1, -0.05) is 30.3 Å². The summed E-state index contributed by atoms with van der Waals surface area (Å²) in [6.45, 7) is 0.324. The van der Waals surface area contributed by atoms with Crippen LogP contribution in [0.1, 0.15) is 53.3 Å². The van der Waals surface area contributed by atoms with Gasteiger partial charge in [0.1, 0.15) is 29.3 Å². The van der Waals surface area contributed by atoms with Gasteiger partial charge in [-0.25, -0.2) is 4.79 Å². The first kappa shape index (κ1) is 25.5. The van der Waals surface area contributed by atoms with Gasteiger partial charge in [0.2, 0.25) is 5.91 Å². The summed E-state index contributed by atoms with van der Waals surface area (Å²) >= 11 is 0. The molecule has 1 aliphatic carbocycles. The molecule has 5 rings (SSSR count). The van der Waals surface area contributed by atoms with Crippen molar-refractivity contribution in [1.82, 2.24) is 15.2 Å². The van der Waals surface area contributed by atoms with Crippen molar-refractivity contribution in [1.29, 1.82) is 0 Å². The molecule has 2 heterocycles. The van der Waals surface area contributed by atoms with E-state index in [-0.39, 0.29) is 24.0 Å². The van der Waals surface area contributed by atoms with Gasteiger partial charge in [0.25, 0.3) is 5.91 Å². The number of ether oxygens (including phenoxy) is 2. The van der Waals surface area contributed by atoms with Crippen LogP contribution in [0.25, 0.3) is 10.9 Å². The molecular formula is C29H31N3O6. The summed E-state index contributed by atoms with van der Waals surface area (Å²) < 4.78 is 10.4.